The first-order valence-corrected chi connectivity index (χ1v) is 6.76. The average molecular weight is 259 g/mol. The zero-order chi connectivity index (χ0) is 13.2. The van der Waals surface area contributed by atoms with Gasteiger partial charge in [-0.3, -0.25) is 0 Å². The van der Waals surface area contributed by atoms with Gasteiger partial charge in [0, 0.05) is 30.8 Å². The van der Waals surface area contributed by atoms with Gasteiger partial charge in [-0.15, -0.1) is 0 Å². The monoisotopic (exact) mass is 259 g/mol. The maximum atomic E-state index is 13.3. The first kappa shape index (κ1) is 12.4. The highest BCUT2D eigenvalue weighted by molar-refractivity contribution is 5.23. The quantitative estimate of drug-likeness (QED) is 0.918. The minimum atomic E-state index is -0.156. The Labute approximate surface area is 112 Å². The molecule has 0 radical (unpaired) electrons. The molecule has 1 aromatic carbocycles. The lowest BCUT2D eigenvalue weighted by molar-refractivity contribution is 0.449. The van der Waals surface area contributed by atoms with Gasteiger partial charge in [0.1, 0.15) is 11.6 Å². The summed E-state index contributed by atoms with van der Waals surface area (Å²) in [6.45, 7) is 1.50. The fraction of sp³-hybridized carbons (Fsp3) is 0.400. The van der Waals surface area contributed by atoms with E-state index in [2.05, 4.69) is 9.55 Å². The largest absolute Gasteiger partial charge is 0.331 e. The molecule has 0 fully saturated rings. The molecule has 19 heavy (non-hydrogen) atoms. The maximum Gasteiger partial charge on any atom is 0.123 e. The zero-order valence-corrected chi connectivity index (χ0v) is 10.8. The molecule has 0 bridgehead atoms. The van der Waals surface area contributed by atoms with Crippen molar-refractivity contribution in [3.63, 3.8) is 0 Å². The topological polar surface area (TPSA) is 43.8 Å². The van der Waals surface area contributed by atoms with Crippen molar-refractivity contribution < 1.29 is 4.39 Å². The Kier molecular flexibility index (Phi) is 3.34. The second kappa shape index (κ2) is 5.13. The number of benzene rings is 1. The van der Waals surface area contributed by atoms with Crippen molar-refractivity contribution in [3.05, 3.63) is 53.4 Å². The Morgan fingerprint density at radius 2 is 2.32 bits per heavy atom. The lowest BCUT2D eigenvalue weighted by atomic mass is 9.90. The molecule has 1 unspecified atom stereocenters. The van der Waals surface area contributed by atoms with Crippen LogP contribution >= 0.6 is 0 Å². The van der Waals surface area contributed by atoms with Crippen LogP contribution in [0.3, 0.4) is 0 Å². The Morgan fingerprint density at radius 3 is 3.11 bits per heavy atom. The lowest BCUT2D eigenvalue weighted by Gasteiger charge is -2.26. The van der Waals surface area contributed by atoms with Crippen LogP contribution in [0.5, 0.6) is 0 Å². The smallest absolute Gasteiger partial charge is 0.123 e. The molecule has 0 amide bonds. The second-order valence-corrected chi connectivity index (χ2v) is 5.11. The number of hydrogen-bond donors (Lipinski definition) is 1. The highest BCUT2D eigenvalue weighted by Gasteiger charge is 2.22. The van der Waals surface area contributed by atoms with Crippen molar-refractivity contribution in [1.82, 2.24) is 9.55 Å². The van der Waals surface area contributed by atoms with Gasteiger partial charge in [0.25, 0.3) is 0 Å². The van der Waals surface area contributed by atoms with Gasteiger partial charge in [0.15, 0.2) is 0 Å². The third-order valence-corrected chi connectivity index (χ3v) is 3.86. The van der Waals surface area contributed by atoms with Crippen molar-refractivity contribution in [2.24, 2.45) is 5.73 Å². The first-order chi connectivity index (χ1) is 9.28. The zero-order valence-electron chi connectivity index (χ0n) is 10.8. The summed E-state index contributed by atoms with van der Waals surface area (Å²) in [6, 6.07) is 6.94. The number of aryl methyl sites for hydroxylation is 1. The lowest BCUT2D eigenvalue weighted by Crippen LogP contribution is -2.21. The number of imidazole rings is 1. The molecule has 0 aliphatic carbocycles. The van der Waals surface area contributed by atoms with E-state index in [0.717, 1.165) is 37.2 Å². The fourth-order valence-corrected chi connectivity index (χ4v) is 2.87. The predicted molar refractivity (Wildman–Crippen MR) is 72.4 cm³/mol. The van der Waals surface area contributed by atoms with Gasteiger partial charge in [0.2, 0.25) is 0 Å². The molecule has 3 rings (SSSR count). The van der Waals surface area contributed by atoms with E-state index in [1.54, 1.807) is 12.1 Å². The van der Waals surface area contributed by atoms with E-state index in [4.69, 9.17) is 5.73 Å². The minimum absolute atomic E-state index is 0.156. The highest BCUT2D eigenvalue weighted by Crippen LogP contribution is 2.30. The Morgan fingerprint density at radius 1 is 1.42 bits per heavy atom. The predicted octanol–water partition coefficient (Wildman–Crippen LogP) is 2.25. The average Bonchev–Trinajstić information content (AvgIpc) is 2.82. The third kappa shape index (κ3) is 2.40. The van der Waals surface area contributed by atoms with Crippen molar-refractivity contribution in [3.8, 4) is 0 Å². The van der Waals surface area contributed by atoms with Crippen LogP contribution in [0, 0.1) is 5.82 Å². The van der Waals surface area contributed by atoms with Gasteiger partial charge in [-0.25, -0.2) is 9.37 Å². The van der Waals surface area contributed by atoms with E-state index in [1.807, 2.05) is 12.3 Å². The molecule has 1 aliphatic rings. The van der Waals surface area contributed by atoms with E-state index in [1.165, 1.54) is 11.8 Å². The number of fused-ring (bicyclic) bond motifs is 1. The van der Waals surface area contributed by atoms with Gasteiger partial charge in [-0.05, 0) is 37.1 Å². The van der Waals surface area contributed by atoms with Crippen molar-refractivity contribution >= 4 is 0 Å². The van der Waals surface area contributed by atoms with Gasteiger partial charge in [-0.2, -0.15) is 0 Å². The van der Waals surface area contributed by atoms with Crippen LogP contribution in [0.1, 0.15) is 29.4 Å². The van der Waals surface area contributed by atoms with Gasteiger partial charge in [-0.1, -0.05) is 12.1 Å². The summed E-state index contributed by atoms with van der Waals surface area (Å²) in [7, 11) is 0. The van der Waals surface area contributed by atoms with Gasteiger partial charge < -0.3 is 10.3 Å². The van der Waals surface area contributed by atoms with Gasteiger partial charge >= 0.3 is 0 Å². The number of nitrogens with two attached hydrogens (primary N) is 1. The first-order valence-electron chi connectivity index (χ1n) is 6.76. The molecule has 0 saturated carbocycles. The summed E-state index contributed by atoms with van der Waals surface area (Å²) in [5.74, 6) is 1.27. The van der Waals surface area contributed by atoms with E-state index >= 15 is 0 Å². The number of hydrogen-bond acceptors (Lipinski definition) is 2. The number of nitrogens with zero attached hydrogens (tertiary/aromatic N) is 2. The molecule has 2 aromatic rings. The number of halogens is 1. The van der Waals surface area contributed by atoms with Crippen molar-refractivity contribution in [1.29, 1.82) is 0 Å². The van der Waals surface area contributed by atoms with Crippen molar-refractivity contribution in [2.45, 2.75) is 31.7 Å². The Balaban J connectivity index is 1.86. The van der Waals surface area contributed by atoms with Crippen LogP contribution in [-0.4, -0.2) is 16.1 Å². The molecular formula is C15H18FN3. The molecule has 1 aliphatic heterocycles. The van der Waals surface area contributed by atoms with Crippen molar-refractivity contribution in [2.75, 3.05) is 6.54 Å². The molecule has 100 valence electrons. The minimum Gasteiger partial charge on any atom is -0.331 e. The van der Waals surface area contributed by atoms with E-state index in [0.29, 0.717) is 12.5 Å². The highest BCUT2D eigenvalue weighted by atomic mass is 19.1. The normalized spacial score (nSPS) is 18.3. The molecule has 1 aromatic heterocycles. The third-order valence-electron chi connectivity index (χ3n) is 3.86. The molecule has 0 saturated heterocycles. The van der Waals surface area contributed by atoms with E-state index in [-0.39, 0.29) is 5.82 Å². The van der Waals surface area contributed by atoms with Crippen LogP contribution in [0.15, 0.2) is 30.5 Å². The number of rotatable bonds is 3. The van der Waals surface area contributed by atoms with Crippen LogP contribution in [0.4, 0.5) is 4.39 Å². The summed E-state index contributed by atoms with van der Waals surface area (Å²) in [5.41, 5.74) is 7.97. The Hall–Kier alpha value is -1.68. The summed E-state index contributed by atoms with van der Waals surface area (Å²) < 4.78 is 15.6. The standard InChI is InChI=1S/C15H18FN3/c16-13-3-1-2-11(8-13)12-4-5-14-9-18-15(6-7-17)19(14)10-12/h1-3,8-9,12H,4-7,10,17H2. The van der Waals surface area contributed by atoms with Crippen LogP contribution in [0.2, 0.25) is 0 Å². The number of aromatic nitrogens is 2. The fourth-order valence-electron chi connectivity index (χ4n) is 2.87. The molecular weight excluding hydrogens is 241 g/mol. The van der Waals surface area contributed by atoms with Crippen LogP contribution < -0.4 is 5.73 Å². The second-order valence-electron chi connectivity index (χ2n) is 5.11. The van der Waals surface area contributed by atoms with E-state index in [9.17, 15) is 4.39 Å². The summed E-state index contributed by atoms with van der Waals surface area (Å²) in [6.07, 6.45) is 4.80. The molecule has 2 N–H and O–H groups in total. The molecule has 4 heteroatoms. The van der Waals surface area contributed by atoms with E-state index < -0.39 is 0 Å². The SMILES string of the molecule is NCCc1ncc2n1CC(c1cccc(F)c1)CC2. The summed E-state index contributed by atoms with van der Waals surface area (Å²) >= 11 is 0. The van der Waals surface area contributed by atoms with Gasteiger partial charge in [0.05, 0.1) is 0 Å². The maximum absolute atomic E-state index is 13.3. The Bertz CT molecular complexity index is 577. The summed E-state index contributed by atoms with van der Waals surface area (Å²) in [4.78, 5) is 4.44. The molecule has 3 nitrogen and oxygen atoms in total. The van der Waals surface area contributed by atoms with Crippen LogP contribution in [0.25, 0.3) is 0 Å². The molecule has 2 heterocycles. The summed E-state index contributed by atoms with van der Waals surface area (Å²) in [5, 5.41) is 0. The molecule has 0 spiro atoms. The van der Waals surface area contributed by atoms with Crippen LogP contribution in [-0.2, 0) is 19.4 Å². The molecule has 1 atom stereocenters.